The lowest BCUT2D eigenvalue weighted by Crippen LogP contribution is -2.58. The van der Waals surface area contributed by atoms with Gasteiger partial charge in [-0.15, -0.1) is 12.4 Å². The quantitative estimate of drug-likeness (QED) is 0.685. The Kier molecular flexibility index (Phi) is 6.02. The van der Waals surface area contributed by atoms with E-state index >= 15 is 0 Å². The number of likely N-dealkylation sites (tertiary alicyclic amines) is 1. The van der Waals surface area contributed by atoms with Crippen molar-refractivity contribution in [2.24, 2.45) is 0 Å². The molecule has 1 aliphatic carbocycles. The van der Waals surface area contributed by atoms with Crippen LogP contribution in [0.25, 0.3) is 0 Å². The average molecular weight is 446 g/mol. The van der Waals surface area contributed by atoms with Gasteiger partial charge in [-0.25, -0.2) is 0 Å². The molecule has 5 rings (SSSR count). The summed E-state index contributed by atoms with van der Waals surface area (Å²) in [7, 11) is 1.93. The van der Waals surface area contributed by atoms with Gasteiger partial charge in [0.15, 0.2) is 0 Å². The van der Waals surface area contributed by atoms with Gasteiger partial charge in [0.05, 0.1) is 6.67 Å². The van der Waals surface area contributed by atoms with Crippen LogP contribution in [0.2, 0.25) is 5.02 Å². The first-order valence-corrected chi connectivity index (χ1v) is 11.0. The molecule has 1 atom stereocenters. The van der Waals surface area contributed by atoms with Crippen molar-refractivity contribution in [3.63, 3.8) is 0 Å². The Labute approximate surface area is 190 Å². The van der Waals surface area contributed by atoms with E-state index in [0.29, 0.717) is 12.7 Å². The van der Waals surface area contributed by atoms with Crippen LogP contribution >= 0.6 is 24.0 Å². The van der Waals surface area contributed by atoms with Crippen LogP contribution in [0, 0.1) is 0 Å². The number of hydrogen-bond donors (Lipinski definition) is 0. The molecule has 160 valence electrons. The van der Waals surface area contributed by atoms with E-state index < -0.39 is 5.54 Å². The lowest BCUT2D eigenvalue weighted by atomic mass is 9.82. The summed E-state index contributed by atoms with van der Waals surface area (Å²) in [6.45, 7) is 2.61. The predicted octanol–water partition coefficient (Wildman–Crippen LogP) is 4.39. The summed E-state index contributed by atoms with van der Waals surface area (Å²) in [5.41, 5.74) is 3.49. The topological polar surface area (TPSA) is 26.8 Å². The number of hydrogen-bond acceptors (Lipinski definition) is 3. The molecule has 2 aliphatic heterocycles. The maximum absolute atomic E-state index is 13.2. The van der Waals surface area contributed by atoms with Crippen molar-refractivity contribution >= 4 is 35.6 Å². The largest absolute Gasteiger partial charge is 0.339 e. The van der Waals surface area contributed by atoms with Gasteiger partial charge in [-0.05, 0) is 61.4 Å². The Morgan fingerprint density at radius 1 is 1.03 bits per heavy atom. The Hall–Kier alpha value is -1.75. The zero-order chi connectivity index (χ0) is 20.0. The summed E-state index contributed by atoms with van der Waals surface area (Å²) in [5.74, 6) is 0.276. The van der Waals surface area contributed by atoms with Crippen molar-refractivity contribution in [3.8, 4) is 0 Å². The molecule has 30 heavy (non-hydrogen) atoms. The van der Waals surface area contributed by atoms with Gasteiger partial charge in [-0.2, -0.15) is 0 Å². The number of likely N-dealkylation sites (N-methyl/N-ethyl adjacent to an activating group) is 1. The standard InChI is InChI=1S/C24H28ClN3O.ClH/c1-26-17-28(19-7-3-2-4-8-19)24(23(26)29)12-14-27(15-13-24)20-11-10-18-6-5-9-22(25)21(18)16-20;/h2-9,20H,10-17H2,1H3;1H. The number of carbonyl (C=O) groups excluding carboxylic acids is 1. The molecule has 1 spiro atoms. The van der Waals surface area contributed by atoms with Crippen LogP contribution in [0.5, 0.6) is 0 Å². The fourth-order valence-corrected chi connectivity index (χ4v) is 5.87. The number of anilines is 1. The average Bonchev–Trinajstić information content (AvgIpc) is 3.00. The van der Waals surface area contributed by atoms with E-state index in [1.54, 1.807) is 0 Å². The number of halogens is 2. The molecule has 4 nitrogen and oxygen atoms in total. The molecule has 1 amide bonds. The van der Waals surface area contributed by atoms with Crippen molar-refractivity contribution in [3.05, 3.63) is 64.7 Å². The third kappa shape index (κ3) is 3.49. The number of aryl methyl sites for hydroxylation is 1. The third-order valence-corrected chi connectivity index (χ3v) is 7.58. The molecule has 2 fully saturated rings. The van der Waals surface area contributed by atoms with Crippen molar-refractivity contribution in [2.45, 2.75) is 43.7 Å². The zero-order valence-electron chi connectivity index (χ0n) is 17.4. The minimum atomic E-state index is -0.392. The Morgan fingerprint density at radius 2 is 1.77 bits per heavy atom. The second kappa shape index (κ2) is 8.41. The van der Waals surface area contributed by atoms with E-state index in [1.165, 1.54) is 17.5 Å². The molecule has 0 radical (unpaired) electrons. The Morgan fingerprint density at radius 3 is 2.50 bits per heavy atom. The van der Waals surface area contributed by atoms with E-state index in [9.17, 15) is 4.79 Å². The molecule has 0 saturated carbocycles. The fourth-order valence-electron chi connectivity index (χ4n) is 5.60. The number of amides is 1. The van der Waals surface area contributed by atoms with Gasteiger partial charge < -0.3 is 9.80 Å². The van der Waals surface area contributed by atoms with E-state index in [-0.39, 0.29) is 18.3 Å². The summed E-state index contributed by atoms with van der Waals surface area (Å²) in [5, 5.41) is 0.906. The van der Waals surface area contributed by atoms with Crippen molar-refractivity contribution < 1.29 is 4.79 Å². The summed E-state index contributed by atoms with van der Waals surface area (Å²) in [6.07, 6.45) is 5.07. The van der Waals surface area contributed by atoms with Crippen LogP contribution in [0.3, 0.4) is 0 Å². The summed E-state index contributed by atoms with van der Waals surface area (Å²) in [6, 6.07) is 17.2. The van der Waals surface area contributed by atoms with Gasteiger partial charge in [0.25, 0.3) is 0 Å². The van der Waals surface area contributed by atoms with Gasteiger partial charge >= 0.3 is 0 Å². The van der Waals surface area contributed by atoms with Gasteiger partial charge in [0.2, 0.25) is 5.91 Å². The van der Waals surface area contributed by atoms with Crippen molar-refractivity contribution in [1.29, 1.82) is 0 Å². The number of carbonyl (C=O) groups is 1. The molecule has 0 bridgehead atoms. The molecule has 3 aliphatic rings. The zero-order valence-corrected chi connectivity index (χ0v) is 19.0. The molecular weight excluding hydrogens is 417 g/mol. The predicted molar refractivity (Wildman–Crippen MR) is 125 cm³/mol. The first-order chi connectivity index (χ1) is 14.1. The number of nitrogens with zero attached hydrogens (tertiary/aromatic N) is 3. The molecule has 2 aromatic rings. The SMILES string of the molecule is CN1CN(c2ccccc2)C2(CCN(C3CCc4cccc(Cl)c4C3)CC2)C1=O.Cl. The van der Waals surface area contributed by atoms with Crippen LogP contribution in [-0.4, -0.2) is 54.1 Å². The van der Waals surface area contributed by atoms with E-state index in [4.69, 9.17) is 11.6 Å². The second-order valence-corrected chi connectivity index (χ2v) is 9.16. The highest BCUT2D eigenvalue weighted by atomic mass is 35.5. The lowest BCUT2D eigenvalue weighted by Gasteiger charge is -2.46. The highest BCUT2D eigenvalue weighted by Crippen LogP contribution is 2.40. The van der Waals surface area contributed by atoms with Crippen molar-refractivity contribution in [2.75, 3.05) is 31.7 Å². The highest BCUT2D eigenvalue weighted by Gasteiger charge is 2.53. The number of rotatable bonds is 2. The van der Waals surface area contributed by atoms with Gasteiger partial charge in [-0.3, -0.25) is 9.69 Å². The normalized spacial score (nSPS) is 23.4. The van der Waals surface area contributed by atoms with Gasteiger partial charge in [0, 0.05) is 36.9 Å². The maximum atomic E-state index is 13.2. The Bertz CT molecular complexity index is 912. The third-order valence-electron chi connectivity index (χ3n) is 7.23. The lowest BCUT2D eigenvalue weighted by molar-refractivity contribution is -0.132. The maximum Gasteiger partial charge on any atom is 0.249 e. The molecular formula is C24H29Cl2N3O. The summed E-state index contributed by atoms with van der Waals surface area (Å²) in [4.78, 5) is 20.0. The summed E-state index contributed by atoms with van der Waals surface area (Å²) < 4.78 is 0. The van der Waals surface area contributed by atoms with Crippen LogP contribution in [0.4, 0.5) is 5.69 Å². The van der Waals surface area contributed by atoms with Crippen LogP contribution < -0.4 is 4.90 Å². The van der Waals surface area contributed by atoms with E-state index in [0.717, 1.165) is 49.5 Å². The number of fused-ring (bicyclic) bond motifs is 1. The molecule has 0 N–H and O–H groups in total. The highest BCUT2D eigenvalue weighted by molar-refractivity contribution is 6.31. The van der Waals surface area contributed by atoms with Crippen LogP contribution in [0.1, 0.15) is 30.4 Å². The summed E-state index contributed by atoms with van der Waals surface area (Å²) >= 11 is 6.49. The van der Waals surface area contributed by atoms with Gasteiger partial charge in [0.1, 0.15) is 5.54 Å². The van der Waals surface area contributed by atoms with E-state index in [1.807, 2.05) is 24.1 Å². The second-order valence-electron chi connectivity index (χ2n) is 8.75. The van der Waals surface area contributed by atoms with Crippen LogP contribution in [0.15, 0.2) is 48.5 Å². The number of para-hydroxylation sites is 1. The minimum absolute atomic E-state index is 0. The molecule has 2 aromatic carbocycles. The van der Waals surface area contributed by atoms with Crippen LogP contribution in [-0.2, 0) is 17.6 Å². The minimum Gasteiger partial charge on any atom is -0.339 e. The molecule has 6 heteroatoms. The smallest absolute Gasteiger partial charge is 0.249 e. The van der Waals surface area contributed by atoms with E-state index in [2.05, 4.69) is 46.2 Å². The first-order valence-electron chi connectivity index (χ1n) is 10.7. The van der Waals surface area contributed by atoms with Gasteiger partial charge in [-0.1, -0.05) is 41.9 Å². The molecule has 1 unspecified atom stereocenters. The Balaban J connectivity index is 0.00000218. The fraction of sp³-hybridized carbons (Fsp3) is 0.458. The molecule has 0 aromatic heterocycles. The molecule has 2 heterocycles. The number of piperidine rings is 1. The first kappa shape index (κ1) is 21.5. The van der Waals surface area contributed by atoms with Crippen molar-refractivity contribution in [1.82, 2.24) is 9.80 Å². The number of benzene rings is 2. The molecule has 2 saturated heterocycles. The monoisotopic (exact) mass is 445 g/mol.